The van der Waals surface area contributed by atoms with Crippen molar-refractivity contribution in [2.24, 2.45) is 5.92 Å². The number of halogens is 1. The van der Waals surface area contributed by atoms with Crippen molar-refractivity contribution in [3.8, 4) is 0 Å². The Morgan fingerprint density at radius 3 is 2.75 bits per heavy atom. The summed E-state index contributed by atoms with van der Waals surface area (Å²) in [6, 6.07) is 4.34. The maximum Gasteiger partial charge on any atom is 0.0931 e. The molecule has 16 heavy (non-hydrogen) atoms. The van der Waals surface area contributed by atoms with Gasteiger partial charge in [-0.05, 0) is 44.9 Å². The number of ether oxygens (including phenoxy) is 1. The Morgan fingerprint density at radius 1 is 1.56 bits per heavy atom. The molecule has 1 aromatic rings. The molecule has 0 aliphatic heterocycles. The Hall–Kier alpha value is -0.0900. The monoisotopic (exact) mass is 259 g/mol. The van der Waals surface area contributed by atoms with Gasteiger partial charge in [0.05, 0.1) is 16.5 Å². The largest absolute Gasteiger partial charge is 0.376 e. The Labute approximate surface area is 106 Å². The summed E-state index contributed by atoms with van der Waals surface area (Å²) < 4.78 is 6.73. The normalized spacial score (nSPS) is 19.7. The van der Waals surface area contributed by atoms with Crippen molar-refractivity contribution in [3.05, 3.63) is 21.3 Å². The average molecular weight is 260 g/mol. The summed E-state index contributed by atoms with van der Waals surface area (Å²) in [4.78, 5) is 1.28. The highest BCUT2D eigenvalue weighted by atomic mass is 35.5. The van der Waals surface area contributed by atoms with Gasteiger partial charge in [0, 0.05) is 11.5 Å². The molecule has 2 unspecified atom stereocenters. The van der Waals surface area contributed by atoms with Crippen LogP contribution in [0.15, 0.2) is 12.1 Å². The first-order valence-corrected chi connectivity index (χ1v) is 6.99. The van der Waals surface area contributed by atoms with E-state index in [4.69, 9.17) is 16.3 Å². The van der Waals surface area contributed by atoms with E-state index in [1.807, 2.05) is 13.1 Å². The van der Waals surface area contributed by atoms with Gasteiger partial charge >= 0.3 is 0 Å². The zero-order valence-electron chi connectivity index (χ0n) is 9.70. The number of hydrogen-bond donors (Lipinski definition) is 1. The molecule has 1 heterocycles. The molecule has 1 aromatic heterocycles. The quantitative estimate of drug-likeness (QED) is 0.845. The van der Waals surface area contributed by atoms with Crippen molar-refractivity contribution in [1.29, 1.82) is 0 Å². The lowest BCUT2D eigenvalue weighted by molar-refractivity contribution is 0.0213. The zero-order chi connectivity index (χ0) is 11.5. The second-order valence-corrected chi connectivity index (χ2v) is 5.91. The Balaban J connectivity index is 2.12. The molecule has 1 saturated carbocycles. The highest BCUT2D eigenvalue weighted by molar-refractivity contribution is 7.16. The molecule has 1 aliphatic rings. The first-order chi connectivity index (χ1) is 7.76. The smallest absolute Gasteiger partial charge is 0.0931 e. The lowest BCUT2D eigenvalue weighted by atomic mass is 10.1. The fourth-order valence-corrected chi connectivity index (χ4v) is 3.29. The third kappa shape index (κ3) is 2.77. The van der Waals surface area contributed by atoms with Crippen LogP contribution in [0.3, 0.4) is 0 Å². The van der Waals surface area contributed by atoms with E-state index in [0.717, 1.165) is 16.9 Å². The van der Waals surface area contributed by atoms with Crippen LogP contribution in [0.4, 0.5) is 0 Å². The van der Waals surface area contributed by atoms with E-state index in [9.17, 15) is 0 Å². The highest BCUT2D eigenvalue weighted by Gasteiger charge is 2.37. The van der Waals surface area contributed by atoms with Gasteiger partial charge in [0.25, 0.3) is 0 Å². The minimum Gasteiger partial charge on any atom is -0.376 e. The summed E-state index contributed by atoms with van der Waals surface area (Å²) >= 11 is 7.63. The van der Waals surface area contributed by atoms with E-state index < -0.39 is 0 Å². The number of hydrogen-bond acceptors (Lipinski definition) is 3. The van der Waals surface area contributed by atoms with Gasteiger partial charge in [-0.1, -0.05) is 11.6 Å². The van der Waals surface area contributed by atoms with Gasteiger partial charge in [-0.2, -0.15) is 0 Å². The number of nitrogens with one attached hydrogen (secondary N) is 1. The van der Waals surface area contributed by atoms with Crippen molar-refractivity contribution in [1.82, 2.24) is 5.32 Å². The molecule has 90 valence electrons. The van der Waals surface area contributed by atoms with Gasteiger partial charge in [0.1, 0.15) is 0 Å². The summed E-state index contributed by atoms with van der Waals surface area (Å²) in [5.41, 5.74) is 0. The van der Waals surface area contributed by atoms with Gasteiger partial charge in [-0.15, -0.1) is 11.3 Å². The topological polar surface area (TPSA) is 21.3 Å². The summed E-state index contributed by atoms with van der Waals surface area (Å²) in [5.74, 6) is 0.721. The van der Waals surface area contributed by atoms with Crippen molar-refractivity contribution < 1.29 is 4.74 Å². The molecule has 0 spiro atoms. The SMILES string of the molecule is CCOC(C1CC1)C(NC)c1ccc(Cl)s1. The molecule has 2 nitrogen and oxygen atoms in total. The summed E-state index contributed by atoms with van der Waals surface area (Å²) in [6.07, 6.45) is 2.88. The van der Waals surface area contributed by atoms with Crippen molar-refractivity contribution in [3.63, 3.8) is 0 Å². The Kier molecular flexibility index (Phi) is 4.25. The summed E-state index contributed by atoms with van der Waals surface area (Å²) in [7, 11) is 1.99. The van der Waals surface area contributed by atoms with Gasteiger partial charge < -0.3 is 10.1 Å². The van der Waals surface area contributed by atoms with Crippen LogP contribution in [0.1, 0.15) is 30.7 Å². The molecule has 0 aromatic carbocycles. The lowest BCUT2D eigenvalue weighted by Crippen LogP contribution is -2.32. The van der Waals surface area contributed by atoms with Crippen LogP contribution in [0.2, 0.25) is 4.34 Å². The molecule has 2 atom stereocenters. The highest BCUT2D eigenvalue weighted by Crippen LogP contribution is 2.41. The maximum absolute atomic E-state index is 5.99. The van der Waals surface area contributed by atoms with Gasteiger partial charge in [0.15, 0.2) is 0 Å². The average Bonchev–Trinajstić information content (AvgIpc) is 3.02. The second kappa shape index (κ2) is 5.50. The number of thiophene rings is 1. The van der Waals surface area contributed by atoms with E-state index in [1.54, 1.807) is 11.3 Å². The maximum atomic E-state index is 5.99. The van der Waals surface area contributed by atoms with Gasteiger partial charge in [-0.25, -0.2) is 0 Å². The van der Waals surface area contributed by atoms with E-state index >= 15 is 0 Å². The minimum absolute atomic E-state index is 0.282. The molecule has 1 fully saturated rings. The van der Waals surface area contributed by atoms with Crippen molar-refractivity contribution in [2.45, 2.75) is 31.9 Å². The van der Waals surface area contributed by atoms with Crippen LogP contribution in [-0.2, 0) is 4.74 Å². The first-order valence-electron chi connectivity index (χ1n) is 5.80. The molecule has 2 rings (SSSR count). The van der Waals surface area contributed by atoms with Crippen LogP contribution in [0.5, 0.6) is 0 Å². The van der Waals surface area contributed by atoms with E-state index in [-0.39, 0.29) is 6.04 Å². The molecule has 4 heteroatoms. The molecular formula is C12H18ClNOS. The predicted molar refractivity (Wildman–Crippen MR) is 69.3 cm³/mol. The molecular weight excluding hydrogens is 242 g/mol. The van der Waals surface area contributed by atoms with Crippen molar-refractivity contribution in [2.75, 3.05) is 13.7 Å². The molecule has 0 bridgehead atoms. The molecule has 0 radical (unpaired) electrons. The summed E-state index contributed by atoms with van der Waals surface area (Å²) in [6.45, 7) is 2.84. The lowest BCUT2D eigenvalue weighted by Gasteiger charge is -2.25. The van der Waals surface area contributed by atoms with E-state index in [1.165, 1.54) is 17.7 Å². The standard InChI is InChI=1S/C12H18ClNOS/c1-3-15-12(8-4-5-8)11(14-2)9-6-7-10(13)16-9/h6-8,11-12,14H,3-5H2,1-2H3. The van der Waals surface area contributed by atoms with E-state index in [0.29, 0.717) is 6.10 Å². The van der Waals surface area contributed by atoms with Crippen molar-refractivity contribution >= 4 is 22.9 Å². The van der Waals surface area contributed by atoms with Gasteiger partial charge in [0.2, 0.25) is 0 Å². The third-order valence-corrected chi connectivity index (χ3v) is 4.30. The van der Waals surface area contributed by atoms with Crippen LogP contribution in [0, 0.1) is 5.92 Å². The van der Waals surface area contributed by atoms with Gasteiger partial charge in [-0.3, -0.25) is 0 Å². The molecule has 1 N–H and O–H groups in total. The van der Waals surface area contributed by atoms with Crippen LogP contribution in [-0.4, -0.2) is 19.8 Å². The van der Waals surface area contributed by atoms with E-state index in [2.05, 4.69) is 18.3 Å². The zero-order valence-corrected chi connectivity index (χ0v) is 11.3. The third-order valence-electron chi connectivity index (χ3n) is 2.99. The van der Waals surface area contributed by atoms with Crippen LogP contribution >= 0.6 is 22.9 Å². The number of likely N-dealkylation sites (N-methyl/N-ethyl adjacent to an activating group) is 1. The molecule has 0 amide bonds. The molecule has 0 saturated heterocycles. The number of rotatable bonds is 6. The molecule has 1 aliphatic carbocycles. The minimum atomic E-state index is 0.282. The first kappa shape index (κ1) is 12.4. The Morgan fingerprint density at radius 2 is 2.31 bits per heavy atom. The second-order valence-electron chi connectivity index (χ2n) is 4.17. The van der Waals surface area contributed by atoms with Crippen LogP contribution < -0.4 is 5.32 Å². The fourth-order valence-electron chi connectivity index (χ4n) is 2.09. The van der Waals surface area contributed by atoms with Crippen LogP contribution in [0.25, 0.3) is 0 Å². The predicted octanol–water partition coefficient (Wildman–Crippen LogP) is 3.48. The summed E-state index contributed by atoms with van der Waals surface area (Å²) in [5, 5.41) is 3.36. The fraction of sp³-hybridized carbons (Fsp3) is 0.667. The Bertz CT molecular complexity index is 338.